The Hall–Kier alpha value is -1.38. The van der Waals surface area contributed by atoms with Crippen LogP contribution in [0.4, 0.5) is 0 Å². The van der Waals surface area contributed by atoms with Crippen LogP contribution in [0.2, 0.25) is 0 Å². The maximum Gasteiger partial charge on any atom is 2.00 e. The molecule has 73 valence electrons. The summed E-state index contributed by atoms with van der Waals surface area (Å²) in [5.41, 5.74) is 0.793. The van der Waals surface area contributed by atoms with E-state index < -0.39 is 5.97 Å². The summed E-state index contributed by atoms with van der Waals surface area (Å²) in [6.07, 6.45) is 0. The Morgan fingerprint density at radius 3 is 2.57 bits per heavy atom. The Morgan fingerprint density at radius 1 is 1.14 bits per heavy atom. The van der Waals surface area contributed by atoms with E-state index in [4.69, 9.17) is 5.11 Å². The zero-order chi connectivity index (χ0) is 9.26. The number of hydrogen-bond acceptors (Lipinski definition) is 2. The van der Waals surface area contributed by atoms with Gasteiger partial charge >= 0.3 is 23.0 Å². The summed E-state index contributed by atoms with van der Waals surface area (Å²) < 4.78 is 0. The smallest absolute Gasteiger partial charge is 0.477 e. The molecular weight excluding hydrogens is 230 g/mol. The van der Waals surface area contributed by atoms with Gasteiger partial charge in [0.15, 0.2) is 0 Å². The van der Waals surface area contributed by atoms with E-state index in [1.807, 2.05) is 18.2 Å². The largest absolute Gasteiger partial charge is 2.00 e. The van der Waals surface area contributed by atoms with E-state index in [1.54, 1.807) is 12.1 Å². The first-order valence-electron chi connectivity index (χ1n) is 3.86. The van der Waals surface area contributed by atoms with E-state index in [1.165, 1.54) is 6.07 Å². The molecule has 1 radical (unpaired) electrons. The van der Waals surface area contributed by atoms with Crippen molar-refractivity contribution in [2.75, 3.05) is 0 Å². The molecule has 0 aliphatic rings. The molecule has 1 heterocycles. The first-order chi connectivity index (χ1) is 6.27. The maximum absolute atomic E-state index is 10.6. The molecule has 3 nitrogen and oxygen atoms in total. The van der Waals surface area contributed by atoms with Crippen LogP contribution >= 0.6 is 0 Å². The van der Waals surface area contributed by atoms with Crippen LogP contribution in [-0.4, -0.2) is 16.1 Å². The second kappa shape index (κ2) is 4.22. The van der Waals surface area contributed by atoms with E-state index in [-0.39, 0.29) is 22.8 Å². The van der Waals surface area contributed by atoms with Gasteiger partial charge in [-0.2, -0.15) is 0 Å². The Bertz CT molecular complexity index is 470. The third-order valence-electron chi connectivity index (χ3n) is 1.82. The number of hydrogen-bond donors (Lipinski definition) is 1. The zero-order valence-corrected chi connectivity index (χ0v) is 8.01. The fraction of sp³-hybridized carbons (Fsp3) is 0. The molecule has 0 aliphatic heterocycles. The number of aromatic nitrogens is 1. The van der Waals surface area contributed by atoms with Crippen LogP contribution < -0.4 is 0 Å². The Labute approximate surface area is 91.2 Å². The molecule has 1 aromatic heterocycles. The average molecular weight is 237 g/mol. The van der Waals surface area contributed by atoms with Crippen LogP contribution in [0.3, 0.4) is 0 Å². The minimum absolute atomic E-state index is 0. The molecule has 0 atom stereocenters. The SMILES string of the molecule is O=C(O)c1ccc2ccccc2n1.[Cu+2]. The Kier molecular flexibility index (Phi) is 3.23. The topological polar surface area (TPSA) is 50.2 Å². The Morgan fingerprint density at radius 2 is 1.86 bits per heavy atom. The van der Waals surface area contributed by atoms with E-state index in [9.17, 15) is 4.79 Å². The molecule has 0 unspecified atom stereocenters. The number of rotatable bonds is 1. The quantitative estimate of drug-likeness (QED) is 0.770. The van der Waals surface area contributed by atoms with Crippen molar-refractivity contribution in [3.05, 3.63) is 42.1 Å². The molecule has 4 heteroatoms. The van der Waals surface area contributed by atoms with Crippen LogP contribution in [0.1, 0.15) is 10.5 Å². The number of para-hydroxylation sites is 1. The van der Waals surface area contributed by atoms with Gasteiger partial charge in [-0.1, -0.05) is 24.3 Å². The third-order valence-corrected chi connectivity index (χ3v) is 1.82. The molecule has 0 fully saturated rings. The first-order valence-corrected chi connectivity index (χ1v) is 3.86. The predicted molar refractivity (Wildman–Crippen MR) is 48.7 cm³/mol. The summed E-state index contributed by atoms with van der Waals surface area (Å²) in [5.74, 6) is -0.995. The monoisotopic (exact) mass is 236 g/mol. The molecule has 1 aromatic carbocycles. The van der Waals surface area contributed by atoms with Gasteiger partial charge in [0.2, 0.25) is 0 Å². The number of aromatic carboxylic acids is 1. The van der Waals surface area contributed by atoms with Gasteiger partial charge < -0.3 is 5.11 Å². The van der Waals surface area contributed by atoms with Gasteiger partial charge in [0, 0.05) is 5.39 Å². The van der Waals surface area contributed by atoms with Crippen molar-refractivity contribution < 1.29 is 27.0 Å². The normalized spacial score (nSPS) is 9.43. The second-order valence-electron chi connectivity index (χ2n) is 2.69. The number of benzene rings is 1. The molecule has 14 heavy (non-hydrogen) atoms. The van der Waals surface area contributed by atoms with Crippen molar-refractivity contribution in [2.24, 2.45) is 0 Å². The van der Waals surface area contributed by atoms with E-state index in [2.05, 4.69) is 4.98 Å². The van der Waals surface area contributed by atoms with Crippen LogP contribution in [-0.2, 0) is 17.1 Å². The van der Waals surface area contributed by atoms with Crippen LogP contribution in [0, 0.1) is 0 Å². The summed E-state index contributed by atoms with van der Waals surface area (Å²) in [4.78, 5) is 14.6. The minimum Gasteiger partial charge on any atom is -0.477 e. The summed E-state index contributed by atoms with van der Waals surface area (Å²) >= 11 is 0. The van der Waals surface area contributed by atoms with Gasteiger partial charge in [0.1, 0.15) is 5.69 Å². The summed E-state index contributed by atoms with van der Waals surface area (Å²) in [6, 6.07) is 10.7. The predicted octanol–water partition coefficient (Wildman–Crippen LogP) is 1.93. The molecule has 0 saturated carbocycles. The second-order valence-corrected chi connectivity index (χ2v) is 2.69. The molecule has 2 rings (SSSR count). The Balaban J connectivity index is 0.000000980. The van der Waals surface area contributed by atoms with Gasteiger partial charge in [0.05, 0.1) is 5.52 Å². The first kappa shape index (κ1) is 10.7. The molecule has 0 saturated heterocycles. The molecule has 2 aromatic rings. The van der Waals surface area contributed by atoms with E-state index >= 15 is 0 Å². The summed E-state index contributed by atoms with van der Waals surface area (Å²) in [7, 11) is 0. The summed E-state index contributed by atoms with van der Waals surface area (Å²) in [6.45, 7) is 0. The molecule has 1 N–H and O–H groups in total. The molecule has 0 amide bonds. The van der Waals surface area contributed by atoms with Crippen LogP contribution in [0.15, 0.2) is 36.4 Å². The molecular formula is C10H7CuNO2+2. The van der Waals surface area contributed by atoms with Crippen molar-refractivity contribution >= 4 is 16.9 Å². The number of fused-ring (bicyclic) bond motifs is 1. The van der Waals surface area contributed by atoms with Crippen molar-refractivity contribution in [3.8, 4) is 0 Å². The fourth-order valence-corrected chi connectivity index (χ4v) is 1.19. The number of pyridine rings is 1. The fourth-order valence-electron chi connectivity index (χ4n) is 1.19. The van der Waals surface area contributed by atoms with Crippen LogP contribution in [0.5, 0.6) is 0 Å². The van der Waals surface area contributed by atoms with Crippen molar-refractivity contribution in [3.63, 3.8) is 0 Å². The molecule has 0 bridgehead atoms. The maximum atomic E-state index is 10.6. The van der Waals surface area contributed by atoms with Crippen molar-refractivity contribution in [2.45, 2.75) is 0 Å². The molecule has 0 aliphatic carbocycles. The number of carboxylic acid groups (broad SMARTS) is 1. The van der Waals surface area contributed by atoms with Gasteiger partial charge in [-0.25, -0.2) is 9.78 Å². The van der Waals surface area contributed by atoms with Crippen molar-refractivity contribution in [1.29, 1.82) is 0 Å². The minimum atomic E-state index is -0.995. The van der Waals surface area contributed by atoms with Crippen LogP contribution in [0.25, 0.3) is 10.9 Å². The summed E-state index contributed by atoms with van der Waals surface area (Å²) in [5, 5.41) is 9.63. The van der Waals surface area contributed by atoms with Gasteiger partial charge in [-0.15, -0.1) is 0 Å². The van der Waals surface area contributed by atoms with E-state index in [0.717, 1.165) is 5.39 Å². The van der Waals surface area contributed by atoms with Crippen molar-refractivity contribution in [1.82, 2.24) is 4.98 Å². The number of carboxylic acids is 1. The van der Waals surface area contributed by atoms with Gasteiger partial charge in [-0.05, 0) is 12.1 Å². The average Bonchev–Trinajstić information content (AvgIpc) is 2.17. The van der Waals surface area contributed by atoms with E-state index in [0.29, 0.717) is 5.52 Å². The van der Waals surface area contributed by atoms with Gasteiger partial charge in [0.25, 0.3) is 0 Å². The standard InChI is InChI=1S/C10H7NO2.Cu/c12-10(13)9-6-5-7-3-1-2-4-8(7)11-9;/h1-6H,(H,12,13);/q;+2. The number of nitrogens with zero attached hydrogens (tertiary/aromatic N) is 1. The zero-order valence-electron chi connectivity index (χ0n) is 7.07. The number of carbonyl (C=O) groups is 1. The third kappa shape index (κ3) is 1.92. The van der Waals surface area contributed by atoms with Gasteiger partial charge in [-0.3, -0.25) is 0 Å². The molecule has 0 spiro atoms.